The van der Waals surface area contributed by atoms with E-state index in [9.17, 15) is 26.4 Å². The lowest BCUT2D eigenvalue weighted by molar-refractivity contribution is -0.121. The van der Waals surface area contributed by atoms with Crippen LogP contribution in [0.1, 0.15) is 18.2 Å². The summed E-state index contributed by atoms with van der Waals surface area (Å²) in [6.07, 6.45) is -4.62. The average molecular weight is 498 g/mol. The Morgan fingerprint density at radius 2 is 1.67 bits per heavy atom. The number of sulfonamides is 1. The number of likely N-dealkylation sites (N-methyl/N-ethyl adjacent to an activating group) is 1. The summed E-state index contributed by atoms with van der Waals surface area (Å²) in [4.78, 5) is 18.4. The minimum absolute atomic E-state index is 0.0307. The maximum absolute atomic E-state index is 12.9. The molecule has 0 atom stereocenters. The number of hydrogen-bond acceptors (Lipinski definition) is 5. The van der Waals surface area contributed by atoms with Gasteiger partial charge in [-0.1, -0.05) is 65.9 Å². The molecule has 11 heteroatoms. The largest absolute Gasteiger partial charge is 0.402 e. The summed E-state index contributed by atoms with van der Waals surface area (Å²) in [5.41, 5.74) is 2.86. The van der Waals surface area contributed by atoms with Crippen LogP contribution in [-0.4, -0.2) is 38.6 Å². The number of aromatic nitrogens is 1. The first-order valence-electron chi connectivity index (χ1n) is 9.98. The zero-order valence-corrected chi connectivity index (χ0v) is 19.5. The third-order valence-corrected chi connectivity index (χ3v) is 7.91. The van der Waals surface area contributed by atoms with Crippen LogP contribution in [0, 0.1) is 6.92 Å². The van der Waals surface area contributed by atoms with E-state index in [-0.39, 0.29) is 33.9 Å². The molecule has 0 spiro atoms. The molecule has 2 aromatic carbocycles. The first-order chi connectivity index (χ1) is 15.5. The van der Waals surface area contributed by atoms with Gasteiger partial charge in [0.25, 0.3) is 10.0 Å². The summed E-state index contributed by atoms with van der Waals surface area (Å²) < 4.78 is 63.1. The lowest BCUT2D eigenvalue weighted by Gasteiger charge is -2.17. The molecule has 0 radical (unpaired) electrons. The van der Waals surface area contributed by atoms with Crippen molar-refractivity contribution in [2.45, 2.75) is 30.7 Å². The van der Waals surface area contributed by atoms with Crippen LogP contribution in [0.25, 0.3) is 11.1 Å². The van der Waals surface area contributed by atoms with Gasteiger partial charge in [0.1, 0.15) is 6.54 Å². The summed E-state index contributed by atoms with van der Waals surface area (Å²) in [5.74, 6) is -0.300. The molecule has 0 aliphatic heterocycles. The molecule has 0 fully saturated rings. The Kier molecular flexibility index (Phi) is 7.55. The molecule has 1 heterocycles. The van der Waals surface area contributed by atoms with Crippen LogP contribution in [0.4, 0.5) is 18.3 Å². The zero-order chi connectivity index (χ0) is 24.2. The molecular weight excluding hydrogens is 475 g/mol. The van der Waals surface area contributed by atoms with E-state index in [1.807, 2.05) is 54.6 Å². The normalized spacial score (nSPS) is 12.0. The van der Waals surface area contributed by atoms with Crippen LogP contribution < -0.4 is 9.62 Å². The third kappa shape index (κ3) is 6.40. The van der Waals surface area contributed by atoms with Gasteiger partial charge in [0, 0.05) is 6.54 Å². The highest BCUT2D eigenvalue weighted by atomic mass is 32.2. The van der Waals surface area contributed by atoms with Gasteiger partial charge in [-0.25, -0.2) is 18.1 Å². The van der Waals surface area contributed by atoms with Gasteiger partial charge in [0.2, 0.25) is 5.91 Å². The molecule has 0 unspecified atom stereocenters. The number of thiazole rings is 1. The maximum atomic E-state index is 12.9. The van der Waals surface area contributed by atoms with Crippen LogP contribution >= 0.6 is 11.3 Å². The third-order valence-electron chi connectivity index (χ3n) is 4.71. The summed E-state index contributed by atoms with van der Waals surface area (Å²) in [6.45, 7) is 1.63. The minimum Gasteiger partial charge on any atom is -0.288 e. The van der Waals surface area contributed by atoms with Crippen molar-refractivity contribution < 1.29 is 26.4 Å². The van der Waals surface area contributed by atoms with E-state index in [0.717, 1.165) is 16.7 Å². The van der Waals surface area contributed by atoms with Crippen molar-refractivity contribution in [3.05, 3.63) is 65.9 Å². The number of alkyl halides is 3. The number of carbonyl (C=O) groups is 1. The Hall–Kier alpha value is -2.76. The van der Waals surface area contributed by atoms with E-state index in [1.54, 1.807) is 6.92 Å². The monoisotopic (exact) mass is 497 g/mol. The van der Waals surface area contributed by atoms with E-state index in [0.29, 0.717) is 11.3 Å². The number of hydrogen-bond donors (Lipinski definition) is 1. The highest BCUT2D eigenvalue weighted by molar-refractivity contribution is 7.91. The fourth-order valence-corrected chi connectivity index (χ4v) is 5.75. The van der Waals surface area contributed by atoms with Gasteiger partial charge < -0.3 is 0 Å². The molecule has 0 bridgehead atoms. The fraction of sp³-hybridized carbons (Fsp3) is 0.273. The van der Waals surface area contributed by atoms with Gasteiger partial charge in [-0.2, -0.15) is 13.2 Å². The summed E-state index contributed by atoms with van der Waals surface area (Å²) in [7, 11) is -4.41. The molecule has 176 valence electrons. The van der Waals surface area contributed by atoms with Gasteiger partial charge in [0.15, 0.2) is 9.34 Å². The van der Waals surface area contributed by atoms with Gasteiger partial charge in [0.05, 0.1) is 12.1 Å². The molecule has 1 N–H and O–H groups in total. The molecule has 1 aromatic heterocycles. The molecule has 1 amide bonds. The summed E-state index contributed by atoms with van der Waals surface area (Å²) >= 11 is 0.664. The maximum Gasteiger partial charge on any atom is 0.402 e. The minimum atomic E-state index is -4.68. The fourth-order valence-electron chi connectivity index (χ4n) is 3.11. The van der Waals surface area contributed by atoms with E-state index in [1.165, 1.54) is 16.5 Å². The molecule has 33 heavy (non-hydrogen) atoms. The van der Waals surface area contributed by atoms with Crippen LogP contribution in [-0.2, 0) is 21.2 Å². The van der Waals surface area contributed by atoms with E-state index in [2.05, 4.69) is 4.98 Å². The number of aryl methyl sites for hydroxylation is 1. The van der Waals surface area contributed by atoms with Crippen molar-refractivity contribution in [3.63, 3.8) is 0 Å². The second kappa shape index (κ2) is 10.0. The van der Waals surface area contributed by atoms with E-state index in [4.69, 9.17) is 0 Å². The number of amides is 1. The Balaban J connectivity index is 1.75. The lowest BCUT2D eigenvalue weighted by atomic mass is 10.0. The molecule has 0 saturated carbocycles. The Morgan fingerprint density at radius 3 is 2.24 bits per heavy atom. The first kappa shape index (κ1) is 24.9. The number of nitrogens with one attached hydrogen (secondary N) is 1. The van der Waals surface area contributed by atoms with Gasteiger partial charge >= 0.3 is 6.18 Å². The van der Waals surface area contributed by atoms with E-state index >= 15 is 0 Å². The standard InChI is InChI=1S/C22H22F3N3O3S2/c1-3-28(21-27-15(2)20(32-21)33(30,31)26-14-22(23,24)25)19(29)13-16-9-11-18(12-10-16)17-7-5-4-6-8-17/h4-12,26H,3,13-14H2,1-2H3. The molecule has 6 nitrogen and oxygen atoms in total. The number of rotatable bonds is 8. The number of anilines is 1. The van der Waals surface area contributed by atoms with Crippen LogP contribution in [0.15, 0.2) is 58.8 Å². The summed E-state index contributed by atoms with van der Waals surface area (Å²) in [6, 6.07) is 17.3. The van der Waals surface area contributed by atoms with Crippen LogP contribution in [0.2, 0.25) is 0 Å². The van der Waals surface area contributed by atoms with Crippen molar-refractivity contribution in [2.75, 3.05) is 18.0 Å². The van der Waals surface area contributed by atoms with Crippen molar-refractivity contribution in [1.29, 1.82) is 0 Å². The molecule has 3 aromatic rings. The highest BCUT2D eigenvalue weighted by Gasteiger charge is 2.32. The first-order valence-corrected chi connectivity index (χ1v) is 12.3. The number of nitrogens with zero attached hydrogens (tertiary/aromatic N) is 2. The Labute approximate surface area is 194 Å². The lowest BCUT2D eigenvalue weighted by Crippen LogP contribution is -2.33. The number of benzene rings is 2. The Bertz CT molecular complexity index is 1210. The SMILES string of the molecule is CCN(C(=O)Cc1ccc(-c2ccccc2)cc1)c1nc(C)c(S(=O)(=O)NCC(F)(F)F)s1. The smallest absolute Gasteiger partial charge is 0.288 e. The van der Waals surface area contributed by atoms with Crippen molar-refractivity contribution >= 4 is 32.4 Å². The quantitative estimate of drug-likeness (QED) is 0.495. The predicted molar refractivity (Wildman–Crippen MR) is 122 cm³/mol. The van der Waals surface area contributed by atoms with E-state index < -0.39 is 22.7 Å². The topological polar surface area (TPSA) is 79.4 Å². The number of carbonyl (C=O) groups excluding carboxylic acids is 1. The van der Waals surface area contributed by atoms with Gasteiger partial charge in [-0.3, -0.25) is 9.69 Å². The second-order valence-electron chi connectivity index (χ2n) is 7.19. The average Bonchev–Trinajstić information content (AvgIpc) is 3.16. The van der Waals surface area contributed by atoms with Crippen molar-refractivity contribution in [2.24, 2.45) is 0 Å². The molecule has 0 aliphatic carbocycles. The van der Waals surface area contributed by atoms with Gasteiger partial charge in [-0.15, -0.1) is 0 Å². The molecular formula is C22H22F3N3O3S2. The van der Waals surface area contributed by atoms with Crippen LogP contribution in [0.3, 0.4) is 0 Å². The van der Waals surface area contributed by atoms with Crippen molar-refractivity contribution in [3.8, 4) is 11.1 Å². The molecule has 3 rings (SSSR count). The van der Waals surface area contributed by atoms with Crippen LogP contribution in [0.5, 0.6) is 0 Å². The second-order valence-corrected chi connectivity index (χ2v) is 10.1. The Morgan fingerprint density at radius 1 is 1.06 bits per heavy atom. The predicted octanol–water partition coefficient (Wildman–Crippen LogP) is 4.55. The van der Waals surface area contributed by atoms with Crippen molar-refractivity contribution in [1.82, 2.24) is 9.71 Å². The highest BCUT2D eigenvalue weighted by Crippen LogP contribution is 2.30. The molecule has 0 aliphatic rings. The zero-order valence-electron chi connectivity index (χ0n) is 17.9. The number of halogens is 3. The van der Waals surface area contributed by atoms with Gasteiger partial charge in [-0.05, 0) is 30.5 Å². The molecule has 0 saturated heterocycles. The summed E-state index contributed by atoms with van der Waals surface area (Å²) in [5, 5.41) is 0.119.